The quantitative estimate of drug-likeness (QED) is 0.685. The monoisotopic (exact) mass is 191 g/mol. The van der Waals surface area contributed by atoms with Crippen molar-refractivity contribution in [3.63, 3.8) is 0 Å². The predicted octanol–water partition coefficient (Wildman–Crippen LogP) is 1.96. The average Bonchev–Trinajstić information content (AvgIpc) is 2.97. The molecular formula is C11H13NO2. The molecule has 0 radical (unpaired) electrons. The van der Waals surface area contributed by atoms with Gasteiger partial charge in [-0.05, 0) is 37.8 Å². The Labute approximate surface area is 83.1 Å². The first-order valence-electron chi connectivity index (χ1n) is 4.85. The standard InChI is InChI=1S/C11H13NO2/c1-8-6-10(4-5-12-8)11(13)14-7-9-2-3-9/h4-6,9H,2-3,7H2,1H3. The number of carbonyl (C=O) groups is 1. The molecule has 0 aliphatic heterocycles. The van der Waals surface area contributed by atoms with E-state index in [2.05, 4.69) is 4.98 Å². The van der Waals surface area contributed by atoms with Crippen LogP contribution in [0, 0.1) is 12.8 Å². The van der Waals surface area contributed by atoms with E-state index in [-0.39, 0.29) is 5.97 Å². The Morgan fingerprint density at radius 2 is 2.43 bits per heavy atom. The molecule has 0 bridgehead atoms. The van der Waals surface area contributed by atoms with Crippen molar-refractivity contribution in [3.05, 3.63) is 29.6 Å². The third-order valence-electron chi connectivity index (χ3n) is 2.28. The fraction of sp³-hybridized carbons (Fsp3) is 0.455. The molecule has 1 fully saturated rings. The lowest BCUT2D eigenvalue weighted by Gasteiger charge is -2.03. The van der Waals surface area contributed by atoms with E-state index >= 15 is 0 Å². The molecule has 0 aromatic carbocycles. The Hall–Kier alpha value is -1.38. The lowest BCUT2D eigenvalue weighted by molar-refractivity contribution is 0.0486. The van der Waals surface area contributed by atoms with E-state index in [4.69, 9.17) is 4.74 Å². The highest BCUT2D eigenvalue weighted by Gasteiger charge is 2.23. The lowest BCUT2D eigenvalue weighted by Crippen LogP contribution is -2.07. The summed E-state index contributed by atoms with van der Waals surface area (Å²) in [5, 5.41) is 0. The van der Waals surface area contributed by atoms with Crippen molar-refractivity contribution < 1.29 is 9.53 Å². The van der Waals surface area contributed by atoms with Gasteiger partial charge in [-0.2, -0.15) is 0 Å². The number of aromatic nitrogens is 1. The summed E-state index contributed by atoms with van der Waals surface area (Å²) < 4.78 is 5.14. The molecule has 2 rings (SSSR count). The summed E-state index contributed by atoms with van der Waals surface area (Å²) >= 11 is 0. The summed E-state index contributed by atoms with van der Waals surface area (Å²) in [5.74, 6) is 0.379. The molecule has 0 saturated heterocycles. The van der Waals surface area contributed by atoms with Gasteiger partial charge in [0.2, 0.25) is 0 Å². The van der Waals surface area contributed by atoms with E-state index in [1.165, 1.54) is 12.8 Å². The highest BCUT2D eigenvalue weighted by molar-refractivity contribution is 5.89. The molecule has 1 aromatic rings. The van der Waals surface area contributed by atoms with E-state index in [0.717, 1.165) is 5.69 Å². The van der Waals surface area contributed by atoms with Gasteiger partial charge in [0.1, 0.15) is 0 Å². The minimum absolute atomic E-state index is 0.234. The van der Waals surface area contributed by atoms with E-state index in [1.807, 2.05) is 6.92 Å². The van der Waals surface area contributed by atoms with Gasteiger partial charge in [0.25, 0.3) is 0 Å². The number of hydrogen-bond acceptors (Lipinski definition) is 3. The molecule has 3 heteroatoms. The number of carbonyl (C=O) groups excluding carboxylic acids is 1. The highest BCUT2D eigenvalue weighted by Crippen LogP contribution is 2.29. The number of hydrogen-bond donors (Lipinski definition) is 0. The largest absolute Gasteiger partial charge is 0.462 e. The van der Waals surface area contributed by atoms with Crippen molar-refractivity contribution >= 4 is 5.97 Å². The topological polar surface area (TPSA) is 39.2 Å². The average molecular weight is 191 g/mol. The second-order valence-corrected chi connectivity index (χ2v) is 3.73. The Bertz CT molecular complexity index is 345. The van der Waals surface area contributed by atoms with Crippen LogP contribution in [0.5, 0.6) is 0 Å². The molecule has 1 heterocycles. The zero-order chi connectivity index (χ0) is 9.97. The first-order valence-corrected chi connectivity index (χ1v) is 4.85. The third kappa shape index (κ3) is 2.31. The zero-order valence-corrected chi connectivity index (χ0v) is 8.19. The summed E-state index contributed by atoms with van der Waals surface area (Å²) in [6.07, 6.45) is 4.02. The first kappa shape index (κ1) is 9.19. The lowest BCUT2D eigenvalue weighted by atomic mass is 10.2. The molecule has 1 aliphatic carbocycles. The summed E-state index contributed by atoms with van der Waals surface area (Å²) in [7, 11) is 0. The predicted molar refractivity (Wildman–Crippen MR) is 52.0 cm³/mol. The first-order chi connectivity index (χ1) is 6.75. The minimum atomic E-state index is -0.234. The van der Waals surface area contributed by atoms with Gasteiger partial charge in [-0.25, -0.2) is 4.79 Å². The van der Waals surface area contributed by atoms with Crippen molar-refractivity contribution in [1.82, 2.24) is 4.98 Å². The third-order valence-corrected chi connectivity index (χ3v) is 2.28. The molecule has 0 unspecified atom stereocenters. The molecule has 0 N–H and O–H groups in total. The van der Waals surface area contributed by atoms with Crippen molar-refractivity contribution in [2.45, 2.75) is 19.8 Å². The number of ether oxygens (including phenoxy) is 1. The highest BCUT2D eigenvalue weighted by atomic mass is 16.5. The van der Waals surface area contributed by atoms with Crippen LogP contribution in [0.2, 0.25) is 0 Å². The number of nitrogens with zero attached hydrogens (tertiary/aromatic N) is 1. The second-order valence-electron chi connectivity index (χ2n) is 3.73. The number of aryl methyl sites for hydroxylation is 1. The van der Waals surface area contributed by atoms with E-state index < -0.39 is 0 Å². The molecule has 14 heavy (non-hydrogen) atoms. The Balaban J connectivity index is 1.95. The van der Waals surface area contributed by atoms with Gasteiger partial charge in [0, 0.05) is 11.9 Å². The van der Waals surface area contributed by atoms with Crippen LogP contribution in [0.15, 0.2) is 18.3 Å². The molecule has 1 aliphatic rings. The minimum Gasteiger partial charge on any atom is -0.462 e. The number of pyridine rings is 1. The number of rotatable bonds is 3. The Morgan fingerprint density at radius 1 is 1.64 bits per heavy atom. The fourth-order valence-corrected chi connectivity index (χ4v) is 1.23. The van der Waals surface area contributed by atoms with E-state index in [0.29, 0.717) is 18.1 Å². The molecule has 3 nitrogen and oxygen atoms in total. The van der Waals surface area contributed by atoms with Crippen LogP contribution in [0.4, 0.5) is 0 Å². The summed E-state index contributed by atoms with van der Waals surface area (Å²) in [4.78, 5) is 15.5. The summed E-state index contributed by atoms with van der Waals surface area (Å²) in [5.41, 5.74) is 1.43. The van der Waals surface area contributed by atoms with Crippen molar-refractivity contribution in [2.75, 3.05) is 6.61 Å². The smallest absolute Gasteiger partial charge is 0.338 e. The van der Waals surface area contributed by atoms with Gasteiger partial charge in [-0.15, -0.1) is 0 Å². The molecular weight excluding hydrogens is 178 g/mol. The molecule has 1 saturated carbocycles. The van der Waals surface area contributed by atoms with Crippen LogP contribution in [0.3, 0.4) is 0 Å². The van der Waals surface area contributed by atoms with Gasteiger partial charge in [-0.3, -0.25) is 4.98 Å². The Kier molecular flexibility index (Phi) is 2.48. The molecule has 1 aromatic heterocycles. The van der Waals surface area contributed by atoms with Crippen LogP contribution >= 0.6 is 0 Å². The van der Waals surface area contributed by atoms with Crippen LogP contribution in [-0.2, 0) is 4.74 Å². The van der Waals surface area contributed by atoms with E-state index in [1.54, 1.807) is 18.3 Å². The molecule has 0 spiro atoms. The van der Waals surface area contributed by atoms with Crippen LogP contribution in [0.25, 0.3) is 0 Å². The van der Waals surface area contributed by atoms with Gasteiger partial charge in [-0.1, -0.05) is 0 Å². The van der Waals surface area contributed by atoms with Crippen LogP contribution in [-0.4, -0.2) is 17.6 Å². The fourth-order valence-electron chi connectivity index (χ4n) is 1.23. The van der Waals surface area contributed by atoms with E-state index in [9.17, 15) is 4.79 Å². The van der Waals surface area contributed by atoms with Crippen molar-refractivity contribution in [3.8, 4) is 0 Å². The van der Waals surface area contributed by atoms with Crippen molar-refractivity contribution in [2.24, 2.45) is 5.92 Å². The maximum absolute atomic E-state index is 11.5. The summed E-state index contributed by atoms with van der Waals surface area (Å²) in [6.45, 7) is 2.43. The Morgan fingerprint density at radius 3 is 3.07 bits per heavy atom. The number of esters is 1. The van der Waals surface area contributed by atoms with Gasteiger partial charge in [0.15, 0.2) is 0 Å². The zero-order valence-electron chi connectivity index (χ0n) is 8.19. The SMILES string of the molecule is Cc1cc(C(=O)OCC2CC2)ccn1. The maximum Gasteiger partial charge on any atom is 0.338 e. The summed E-state index contributed by atoms with van der Waals surface area (Å²) in [6, 6.07) is 3.43. The maximum atomic E-state index is 11.5. The normalized spacial score (nSPS) is 15.2. The molecule has 0 amide bonds. The van der Waals surface area contributed by atoms with Crippen molar-refractivity contribution in [1.29, 1.82) is 0 Å². The van der Waals surface area contributed by atoms with Gasteiger partial charge < -0.3 is 4.74 Å². The second kappa shape index (κ2) is 3.78. The van der Waals surface area contributed by atoms with Gasteiger partial charge in [0.05, 0.1) is 12.2 Å². The molecule has 0 atom stereocenters. The van der Waals surface area contributed by atoms with Gasteiger partial charge >= 0.3 is 5.97 Å². The molecule has 74 valence electrons. The van der Waals surface area contributed by atoms with Crippen LogP contribution in [0.1, 0.15) is 28.9 Å². The van der Waals surface area contributed by atoms with Crippen LogP contribution < -0.4 is 0 Å².